The summed E-state index contributed by atoms with van der Waals surface area (Å²) < 4.78 is 3.37. The highest BCUT2D eigenvalue weighted by atomic mass is 79.9. The Balaban J connectivity index is 2.17. The molecule has 0 spiro atoms. The number of aromatic nitrogens is 2. The van der Waals surface area contributed by atoms with Gasteiger partial charge in [0.25, 0.3) is 0 Å². The molecule has 1 unspecified atom stereocenters. The van der Waals surface area contributed by atoms with Gasteiger partial charge in [-0.1, -0.05) is 22.0 Å². The standard InChI is InChI=1S/C15H15BrN2OS/c1-9-7-20-8-11(9)14(16)10-4-5-12-13(6-10)18(3)15(19)17(12)2/h4-8,14H,1-3H3. The zero-order valence-corrected chi connectivity index (χ0v) is 14.0. The molecule has 3 rings (SSSR count). The molecule has 3 nitrogen and oxygen atoms in total. The van der Waals surface area contributed by atoms with Gasteiger partial charge in [-0.15, -0.1) is 0 Å². The van der Waals surface area contributed by atoms with Crippen LogP contribution in [-0.4, -0.2) is 9.13 Å². The molecule has 0 saturated heterocycles. The van der Waals surface area contributed by atoms with Crippen LogP contribution >= 0.6 is 27.3 Å². The van der Waals surface area contributed by atoms with Crippen LogP contribution in [0.5, 0.6) is 0 Å². The number of benzene rings is 1. The first-order valence-electron chi connectivity index (χ1n) is 6.33. The van der Waals surface area contributed by atoms with Crippen LogP contribution in [0.4, 0.5) is 0 Å². The maximum atomic E-state index is 12.0. The lowest BCUT2D eigenvalue weighted by atomic mass is 10.0. The molecule has 0 aliphatic rings. The van der Waals surface area contributed by atoms with Gasteiger partial charge in [-0.05, 0) is 46.5 Å². The Morgan fingerprint density at radius 3 is 2.50 bits per heavy atom. The molecule has 20 heavy (non-hydrogen) atoms. The average molecular weight is 351 g/mol. The van der Waals surface area contributed by atoms with Gasteiger partial charge < -0.3 is 0 Å². The van der Waals surface area contributed by atoms with E-state index in [1.165, 1.54) is 16.7 Å². The SMILES string of the molecule is Cc1cscc1C(Br)c1ccc2c(c1)n(C)c(=O)n2C. The minimum Gasteiger partial charge on any atom is -0.295 e. The molecule has 2 heterocycles. The van der Waals surface area contributed by atoms with E-state index in [1.54, 1.807) is 27.5 Å². The van der Waals surface area contributed by atoms with Crippen molar-refractivity contribution < 1.29 is 0 Å². The number of aryl methyl sites for hydroxylation is 3. The molecule has 0 aliphatic heterocycles. The first kappa shape index (κ1) is 13.6. The largest absolute Gasteiger partial charge is 0.328 e. The van der Waals surface area contributed by atoms with Crippen molar-refractivity contribution >= 4 is 38.3 Å². The number of rotatable bonds is 2. The number of thiophene rings is 1. The van der Waals surface area contributed by atoms with Gasteiger partial charge in [0, 0.05) is 14.1 Å². The lowest BCUT2D eigenvalue weighted by molar-refractivity contribution is 0.795. The van der Waals surface area contributed by atoms with Crippen LogP contribution in [0.2, 0.25) is 0 Å². The fourth-order valence-corrected chi connectivity index (χ4v) is 4.32. The summed E-state index contributed by atoms with van der Waals surface area (Å²) in [6, 6.07) is 6.19. The van der Waals surface area contributed by atoms with E-state index in [9.17, 15) is 4.79 Å². The Bertz CT molecular complexity index is 843. The normalized spacial score (nSPS) is 13.0. The maximum Gasteiger partial charge on any atom is 0.328 e. The van der Waals surface area contributed by atoms with Crippen LogP contribution in [0.25, 0.3) is 11.0 Å². The van der Waals surface area contributed by atoms with Crippen molar-refractivity contribution in [2.45, 2.75) is 11.8 Å². The monoisotopic (exact) mass is 350 g/mol. The van der Waals surface area contributed by atoms with Crippen LogP contribution in [0.15, 0.2) is 33.8 Å². The van der Waals surface area contributed by atoms with Crippen LogP contribution in [0.3, 0.4) is 0 Å². The molecule has 0 radical (unpaired) electrons. The van der Waals surface area contributed by atoms with Gasteiger partial charge in [-0.2, -0.15) is 11.3 Å². The van der Waals surface area contributed by atoms with E-state index >= 15 is 0 Å². The fourth-order valence-electron chi connectivity index (χ4n) is 2.49. The molecule has 5 heteroatoms. The minimum absolute atomic E-state index is 0.00925. The number of halogens is 1. The van der Waals surface area contributed by atoms with Crippen molar-refractivity contribution in [3.63, 3.8) is 0 Å². The highest BCUT2D eigenvalue weighted by molar-refractivity contribution is 9.09. The Hall–Kier alpha value is -1.33. The molecule has 1 atom stereocenters. The number of hydrogen-bond acceptors (Lipinski definition) is 2. The van der Waals surface area contributed by atoms with Crippen LogP contribution < -0.4 is 5.69 Å². The Kier molecular flexibility index (Phi) is 3.34. The van der Waals surface area contributed by atoms with E-state index in [2.05, 4.69) is 45.7 Å². The highest BCUT2D eigenvalue weighted by Gasteiger charge is 2.16. The highest BCUT2D eigenvalue weighted by Crippen LogP contribution is 2.35. The Morgan fingerprint density at radius 2 is 1.85 bits per heavy atom. The van der Waals surface area contributed by atoms with Crippen LogP contribution in [0, 0.1) is 6.92 Å². The van der Waals surface area contributed by atoms with E-state index in [1.807, 2.05) is 13.1 Å². The van der Waals surface area contributed by atoms with E-state index in [-0.39, 0.29) is 10.5 Å². The van der Waals surface area contributed by atoms with Crippen molar-refractivity contribution in [1.82, 2.24) is 9.13 Å². The molecule has 1 aromatic carbocycles. The summed E-state index contributed by atoms with van der Waals surface area (Å²) in [6.07, 6.45) is 0. The zero-order chi connectivity index (χ0) is 14.4. The zero-order valence-electron chi connectivity index (χ0n) is 11.6. The second-order valence-electron chi connectivity index (χ2n) is 5.02. The predicted octanol–water partition coefficient (Wildman–Crippen LogP) is 3.73. The van der Waals surface area contributed by atoms with Gasteiger partial charge in [-0.3, -0.25) is 9.13 Å². The molecule has 104 valence electrons. The summed E-state index contributed by atoms with van der Waals surface area (Å²) in [7, 11) is 3.62. The Labute approximate surface area is 129 Å². The van der Waals surface area contributed by atoms with E-state index in [4.69, 9.17) is 0 Å². The lowest BCUT2D eigenvalue weighted by Crippen LogP contribution is -2.19. The number of alkyl halides is 1. The molecule has 0 aliphatic carbocycles. The fraction of sp³-hybridized carbons (Fsp3) is 0.267. The van der Waals surface area contributed by atoms with Gasteiger partial charge in [0.05, 0.1) is 15.9 Å². The predicted molar refractivity (Wildman–Crippen MR) is 88.0 cm³/mol. The molecule has 0 fully saturated rings. The quantitative estimate of drug-likeness (QED) is 0.647. The molecule has 0 bridgehead atoms. The van der Waals surface area contributed by atoms with Gasteiger partial charge in [-0.25, -0.2) is 4.79 Å². The molecular weight excluding hydrogens is 336 g/mol. The first-order chi connectivity index (χ1) is 9.50. The summed E-state index contributed by atoms with van der Waals surface area (Å²) >= 11 is 5.49. The summed E-state index contributed by atoms with van der Waals surface area (Å²) in [5.41, 5.74) is 5.68. The molecule has 0 saturated carbocycles. The third kappa shape index (κ3) is 1.96. The summed E-state index contributed by atoms with van der Waals surface area (Å²) in [6.45, 7) is 2.12. The van der Waals surface area contributed by atoms with Crippen molar-refractivity contribution in [2.24, 2.45) is 14.1 Å². The number of fused-ring (bicyclic) bond motifs is 1. The Morgan fingerprint density at radius 1 is 1.15 bits per heavy atom. The van der Waals surface area contributed by atoms with E-state index in [0.29, 0.717) is 0 Å². The maximum absolute atomic E-state index is 12.0. The van der Waals surface area contributed by atoms with Gasteiger partial charge >= 0.3 is 5.69 Å². The van der Waals surface area contributed by atoms with Gasteiger partial charge in [0.15, 0.2) is 0 Å². The second kappa shape index (κ2) is 4.90. The molecule has 2 aromatic heterocycles. The number of imidazole rings is 1. The molecular formula is C15H15BrN2OS. The number of nitrogens with zero attached hydrogens (tertiary/aromatic N) is 2. The molecule has 3 aromatic rings. The van der Waals surface area contributed by atoms with E-state index < -0.39 is 0 Å². The second-order valence-corrected chi connectivity index (χ2v) is 6.68. The third-order valence-corrected chi connectivity index (χ3v) is 5.66. The van der Waals surface area contributed by atoms with Crippen molar-refractivity contribution in [3.8, 4) is 0 Å². The van der Waals surface area contributed by atoms with Gasteiger partial charge in [0.1, 0.15) is 0 Å². The first-order valence-corrected chi connectivity index (χ1v) is 8.18. The molecule has 0 N–H and O–H groups in total. The average Bonchev–Trinajstić information content (AvgIpc) is 2.97. The third-order valence-electron chi connectivity index (χ3n) is 3.76. The van der Waals surface area contributed by atoms with E-state index in [0.717, 1.165) is 11.0 Å². The van der Waals surface area contributed by atoms with Crippen molar-refractivity contribution in [3.05, 3.63) is 56.1 Å². The minimum atomic E-state index is 0.00925. The van der Waals surface area contributed by atoms with Crippen molar-refractivity contribution in [2.75, 3.05) is 0 Å². The topological polar surface area (TPSA) is 26.9 Å². The van der Waals surface area contributed by atoms with Crippen LogP contribution in [-0.2, 0) is 14.1 Å². The lowest BCUT2D eigenvalue weighted by Gasteiger charge is -2.11. The molecule has 0 amide bonds. The number of hydrogen-bond donors (Lipinski definition) is 0. The summed E-state index contributed by atoms with van der Waals surface area (Å²) in [5, 5.41) is 4.32. The van der Waals surface area contributed by atoms with Crippen molar-refractivity contribution in [1.29, 1.82) is 0 Å². The van der Waals surface area contributed by atoms with Gasteiger partial charge in [0.2, 0.25) is 0 Å². The van der Waals surface area contributed by atoms with Crippen LogP contribution in [0.1, 0.15) is 21.5 Å². The summed E-state index contributed by atoms with van der Waals surface area (Å²) in [5.74, 6) is 0. The smallest absolute Gasteiger partial charge is 0.295 e. The summed E-state index contributed by atoms with van der Waals surface area (Å²) in [4.78, 5) is 12.1.